The van der Waals surface area contributed by atoms with Crippen LogP contribution in [-0.2, 0) is 9.59 Å². The molecule has 2 unspecified atom stereocenters. The summed E-state index contributed by atoms with van der Waals surface area (Å²) >= 11 is 0. The molecule has 6 nitrogen and oxygen atoms in total. The number of nitrogens with two attached hydrogens (primary N) is 1. The highest BCUT2D eigenvalue weighted by molar-refractivity contribution is 5.92. The number of hydrogen-bond acceptors (Lipinski definition) is 4. The first-order valence-electron chi connectivity index (χ1n) is 7.05. The highest BCUT2D eigenvalue weighted by atomic mass is 16.5. The van der Waals surface area contributed by atoms with E-state index >= 15 is 0 Å². The zero-order valence-corrected chi connectivity index (χ0v) is 11.7. The first kappa shape index (κ1) is 15.3. The molecule has 0 aromatic heterocycles. The summed E-state index contributed by atoms with van der Waals surface area (Å²) < 4.78 is 5.08. The van der Waals surface area contributed by atoms with Gasteiger partial charge in [0, 0.05) is 23.7 Å². The normalized spacial score (nSPS) is 21.6. The molecule has 0 radical (unpaired) electrons. The number of carbonyl (C=O) groups is 2. The summed E-state index contributed by atoms with van der Waals surface area (Å²) in [6.45, 7) is -0.408. The van der Waals surface area contributed by atoms with Crippen molar-refractivity contribution < 1.29 is 19.4 Å². The quantitative estimate of drug-likeness (QED) is 0.765. The number of benzene rings is 1. The van der Waals surface area contributed by atoms with Gasteiger partial charge in [0.05, 0.1) is 0 Å². The van der Waals surface area contributed by atoms with Gasteiger partial charge in [0.15, 0.2) is 6.61 Å². The number of carboxylic acid groups (broad SMARTS) is 1. The third kappa shape index (κ3) is 4.75. The minimum atomic E-state index is -1.04. The molecule has 0 heterocycles. The number of aliphatic carboxylic acids is 1. The summed E-state index contributed by atoms with van der Waals surface area (Å²) in [6.07, 6.45) is 3.51. The monoisotopic (exact) mass is 292 g/mol. The number of ether oxygens (including phenoxy) is 1. The lowest BCUT2D eigenvalue weighted by molar-refractivity contribution is -0.139. The van der Waals surface area contributed by atoms with Crippen LogP contribution >= 0.6 is 0 Å². The van der Waals surface area contributed by atoms with Gasteiger partial charge in [-0.2, -0.15) is 0 Å². The van der Waals surface area contributed by atoms with Crippen molar-refractivity contribution in [2.75, 3.05) is 11.9 Å². The second kappa shape index (κ2) is 7.08. The minimum absolute atomic E-state index is 0.0412. The average Bonchev–Trinajstić information content (AvgIpc) is 2.45. The van der Waals surface area contributed by atoms with Gasteiger partial charge in [-0.1, -0.05) is 12.5 Å². The predicted molar refractivity (Wildman–Crippen MR) is 78.1 cm³/mol. The van der Waals surface area contributed by atoms with Crippen LogP contribution in [-0.4, -0.2) is 29.6 Å². The molecule has 0 bridgehead atoms. The van der Waals surface area contributed by atoms with Crippen LogP contribution in [0.3, 0.4) is 0 Å². The van der Waals surface area contributed by atoms with Crippen LogP contribution < -0.4 is 15.8 Å². The molecule has 1 saturated carbocycles. The second-order valence-corrected chi connectivity index (χ2v) is 5.32. The zero-order valence-electron chi connectivity index (χ0n) is 11.7. The summed E-state index contributed by atoms with van der Waals surface area (Å²) in [7, 11) is 0. The summed E-state index contributed by atoms with van der Waals surface area (Å²) in [5.74, 6) is -0.728. The van der Waals surface area contributed by atoms with Gasteiger partial charge in [-0.15, -0.1) is 0 Å². The maximum atomic E-state index is 12.2. The molecule has 21 heavy (non-hydrogen) atoms. The SMILES string of the molecule is NC1CCCC(C(=O)Nc2cccc(OCC(=O)O)c2)C1. The molecule has 1 fully saturated rings. The van der Waals surface area contributed by atoms with E-state index in [0.717, 1.165) is 19.3 Å². The molecule has 1 aliphatic carbocycles. The van der Waals surface area contributed by atoms with E-state index in [4.69, 9.17) is 15.6 Å². The Morgan fingerprint density at radius 1 is 1.38 bits per heavy atom. The van der Waals surface area contributed by atoms with Crippen molar-refractivity contribution in [1.29, 1.82) is 0 Å². The Labute approximate surface area is 123 Å². The third-order valence-electron chi connectivity index (χ3n) is 3.55. The van der Waals surface area contributed by atoms with Crippen molar-refractivity contribution in [3.8, 4) is 5.75 Å². The summed E-state index contributed by atoms with van der Waals surface area (Å²) in [4.78, 5) is 22.7. The molecule has 1 aliphatic rings. The lowest BCUT2D eigenvalue weighted by atomic mass is 9.85. The van der Waals surface area contributed by atoms with Crippen molar-refractivity contribution in [2.24, 2.45) is 11.7 Å². The van der Waals surface area contributed by atoms with E-state index in [-0.39, 0.29) is 17.9 Å². The predicted octanol–water partition coefficient (Wildman–Crippen LogP) is 1.61. The fraction of sp³-hybridized carbons (Fsp3) is 0.467. The van der Waals surface area contributed by atoms with E-state index in [9.17, 15) is 9.59 Å². The van der Waals surface area contributed by atoms with Crippen LogP contribution in [0.15, 0.2) is 24.3 Å². The largest absolute Gasteiger partial charge is 0.482 e. The van der Waals surface area contributed by atoms with Crippen LogP contribution in [0, 0.1) is 5.92 Å². The van der Waals surface area contributed by atoms with Crippen LogP contribution in [0.25, 0.3) is 0 Å². The number of carboxylic acids is 1. The Morgan fingerprint density at radius 2 is 2.19 bits per heavy atom. The first-order valence-corrected chi connectivity index (χ1v) is 7.05. The number of hydrogen-bond donors (Lipinski definition) is 3. The van der Waals surface area contributed by atoms with Crippen LogP contribution in [0.4, 0.5) is 5.69 Å². The molecule has 2 atom stereocenters. The van der Waals surface area contributed by atoms with Crippen molar-refractivity contribution in [3.63, 3.8) is 0 Å². The van der Waals surface area contributed by atoms with Gasteiger partial charge >= 0.3 is 5.97 Å². The van der Waals surface area contributed by atoms with Gasteiger partial charge in [0.1, 0.15) is 5.75 Å². The van der Waals surface area contributed by atoms with Gasteiger partial charge in [-0.25, -0.2) is 4.79 Å². The number of amides is 1. The molecule has 0 spiro atoms. The average molecular weight is 292 g/mol. The fourth-order valence-corrected chi connectivity index (χ4v) is 2.52. The van der Waals surface area contributed by atoms with E-state index in [2.05, 4.69) is 5.32 Å². The second-order valence-electron chi connectivity index (χ2n) is 5.32. The van der Waals surface area contributed by atoms with Crippen molar-refractivity contribution in [1.82, 2.24) is 0 Å². The van der Waals surface area contributed by atoms with Crippen molar-refractivity contribution in [2.45, 2.75) is 31.7 Å². The molecule has 1 amide bonds. The van der Waals surface area contributed by atoms with Gasteiger partial charge < -0.3 is 20.9 Å². The smallest absolute Gasteiger partial charge is 0.341 e. The van der Waals surface area contributed by atoms with Crippen LogP contribution in [0.1, 0.15) is 25.7 Å². The standard InChI is InChI=1S/C15H20N2O4/c16-11-4-1-3-10(7-11)15(20)17-12-5-2-6-13(8-12)21-9-14(18)19/h2,5-6,8,10-11H,1,3-4,7,9,16H2,(H,17,20)(H,18,19). The summed E-state index contributed by atoms with van der Waals surface area (Å²) in [5.41, 5.74) is 6.49. The van der Waals surface area contributed by atoms with E-state index in [1.807, 2.05) is 0 Å². The molecule has 0 saturated heterocycles. The maximum absolute atomic E-state index is 12.2. The molecule has 2 rings (SSSR count). The van der Waals surface area contributed by atoms with Gasteiger partial charge in [0.2, 0.25) is 5.91 Å². The highest BCUT2D eigenvalue weighted by Gasteiger charge is 2.25. The molecule has 1 aromatic rings. The molecule has 114 valence electrons. The third-order valence-corrected chi connectivity index (χ3v) is 3.55. The lowest BCUT2D eigenvalue weighted by Crippen LogP contribution is -2.34. The fourth-order valence-electron chi connectivity index (χ4n) is 2.52. The number of nitrogens with one attached hydrogen (secondary N) is 1. The van der Waals surface area contributed by atoms with Gasteiger partial charge in [-0.05, 0) is 31.4 Å². The number of anilines is 1. The molecule has 4 N–H and O–H groups in total. The minimum Gasteiger partial charge on any atom is -0.482 e. The molecular weight excluding hydrogens is 272 g/mol. The Kier molecular flexibility index (Phi) is 5.16. The summed E-state index contributed by atoms with van der Waals surface area (Å²) in [5, 5.41) is 11.4. The van der Waals surface area contributed by atoms with Crippen molar-refractivity contribution in [3.05, 3.63) is 24.3 Å². The Hall–Kier alpha value is -2.08. The van der Waals surface area contributed by atoms with Crippen LogP contribution in [0.5, 0.6) is 5.75 Å². The Morgan fingerprint density at radius 3 is 2.90 bits per heavy atom. The highest BCUT2D eigenvalue weighted by Crippen LogP contribution is 2.25. The van der Waals surface area contributed by atoms with E-state index in [0.29, 0.717) is 17.9 Å². The van der Waals surface area contributed by atoms with E-state index in [1.54, 1.807) is 24.3 Å². The lowest BCUT2D eigenvalue weighted by Gasteiger charge is -2.25. The van der Waals surface area contributed by atoms with E-state index < -0.39 is 12.6 Å². The zero-order chi connectivity index (χ0) is 15.2. The van der Waals surface area contributed by atoms with E-state index in [1.165, 1.54) is 0 Å². The molecule has 1 aromatic carbocycles. The molecule has 6 heteroatoms. The topological polar surface area (TPSA) is 102 Å². The maximum Gasteiger partial charge on any atom is 0.341 e. The van der Waals surface area contributed by atoms with Gasteiger partial charge in [0.25, 0.3) is 0 Å². The molecule has 0 aliphatic heterocycles. The first-order chi connectivity index (χ1) is 10.0. The van der Waals surface area contributed by atoms with Crippen molar-refractivity contribution >= 4 is 17.6 Å². The Bertz CT molecular complexity index is 518. The van der Waals surface area contributed by atoms with Crippen LogP contribution in [0.2, 0.25) is 0 Å². The number of rotatable bonds is 5. The summed E-state index contributed by atoms with van der Waals surface area (Å²) in [6, 6.07) is 6.81. The Balaban J connectivity index is 1.94. The number of carbonyl (C=O) groups excluding carboxylic acids is 1. The molecular formula is C15H20N2O4. The van der Waals surface area contributed by atoms with Gasteiger partial charge in [-0.3, -0.25) is 4.79 Å².